The van der Waals surface area contributed by atoms with E-state index in [1.54, 1.807) is 44.1 Å². The van der Waals surface area contributed by atoms with E-state index in [-0.39, 0.29) is 24.5 Å². The number of aliphatic hydroxyl groups excluding tert-OH is 1. The van der Waals surface area contributed by atoms with Gasteiger partial charge in [-0.3, -0.25) is 10.1 Å². The average molecular weight is 511 g/mol. The largest absolute Gasteiger partial charge is 0.453 e. The van der Waals surface area contributed by atoms with Gasteiger partial charge >= 0.3 is 6.09 Å². The van der Waals surface area contributed by atoms with Crippen LogP contribution in [0, 0.1) is 5.92 Å². The topological polar surface area (TPSA) is 139 Å². The number of halogens is 1. The minimum absolute atomic E-state index is 0.0604. The number of carbonyl (C=O) groups excluding carboxylic acids is 2. The van der Waals surface area contributed by atoms with E-state index in [0.717, 1.165) is 6.42 Å². The van der Waals surface area contributed by atoms with Gasteiger partial charge in [0.25, 0.3) is 0 Å². The van der Waals surface area contributed by atoms with Gasteiger partial charge in [0, 0.05) is 24.2 Å². The lowest BCUT2D eigenvalue weighted by atomic mass is 9.99. The lowest BCUT2D eigenvalue weighted by molar-refractivity contribution is -0.131. The number of likely N-dealkylation sites (N-methyl/N-ethyl adjacent to an activating group) is 1. The summed E-state index contributed by atoms with van der Waals surface area (Å²) >= 11 is 6.07. The summed E-state index contributed by atoms with van der Waals surface area (Å²) in [6.45, 7) is 4.15. The number of benzene rings is 1. The molecule has 0 aliphatic carbocycles. The van der Waals surface area contributed by atoms with Gasteiger partial charge in [0.05, 0.1) is 24.7 Å². The van der Waals surface area contributed by atoms with Gasteiger partial charge in [-0.25, -0.2) is 9.79 Å². The number of amidine groups is 1. The Morgan fingerprint density at radius 2 is 2.09 bits per heavy atom. The van der Waals surface area contributed by atoms with Gasteiger partial charge in [-0.05, 0) is 50.6 Å². The number of hydroxylamine groups is 1. The Morgan fingerprint density at radius 3 is 2.66 bits per heavy atom. The maximum atomic E-state index is 12.9. The number of hydrogen-bond acceptors (Lipinski definition) is 9. The molecule has 194 valence electrons. The van der Waals surface area contributed by atoms with Crippen LogP contribution in [0.3, 0.4) is 0 Å². The van der Waals surface area contributed by atoms with Gasteiger partial charge in [-0.15, -0.1) is 0 Å². The van der Waals surface area contributed by atoms with E-state index in [0.29, 0.717) is 40.8 Å². The molecule has 0 bridgehead atoms. The molecule has 2 rings (SSSR count). The smallest absolute Gasteiger partial charge is 0.411 e. The van der Waals surface area contributed by atoms with Crippen LogP contribution in [0.15, 0.2) is 29.3 Å². The fourth-order valence-electron chi connectivity index (χ4n) is 3.82. The van der Waals surface area contributed by atoms with E-state index in [4.69, 9.17) is 11.6 Å². The predicted octanol–water partition coefficient (Wildman–Crippen LogP) is 2.31. The maximum absolute atomic E-state index is 12.9. The summed E-state index contributed by atoms with van der Waals surface area (Å²) in [5.74, 6) is 0.395. The predicted molar refractivity (Wildman–Crippen MR) is 135 cm³/mol. The summed E-state index contributed by atoms with van der Waals surface area (Å²) in [6, 6.07) is 4.89. The first-order chi connectivity index (χ1) is 16.6. The number of amides is 2. The molecule has 3 atom stereocenters. The van der Waals surface area contributed by atoms with E-state index in [9.17, 15) is 19.9 Å². The van der Waals surface area contributed by atoms with E-state index in [2.05, 4.69) is 25.8 Å². The number of ether oxygens (including phenoxy) is 1. The quantitative estimate of drug-likeness (QED) is 0.226. The molecule has 11 nitrogen and oxygen atoms in total. The standard InChI is InChI=1S/C23H35ClN6O5/c1-6-15(22(25-3)28-34)9-10-29(4)21(32)13-30-14(2)26-19(12-20(30)31)17-8-7-16(24)11-18(17)27-23(33)35-5/h7-8,11-12,15,20,22,25,28,31,34H,6,9-10,13H2,1-5H3,(H,27,33). The van der Waals surface area contributed by atoms with Crippen molar-refractivity contribution >= 4 is 40.8 Å². The molecule has 0 fully saturated rings. The van der Waals surface area contributed by atoms with Crippen molar-refractivity contribution in [1.82, 2.24) is 20.6 Å². The zero-order valence-electron chi connectivity index (χ0n) is 20.7. The van der Waals surface area contributed by atoms with Crippen LogP contribution in [-0.4, -0.2) is 84.6 Å². The van der Waals surface area contributed by atoms with Crippen molar-refractivity contribution in [1.29, 1.82) is 0 Å². The second-order valence-electron chi connectivity index (χ2n) is 8.23. The lowest BCUT2D eigenvalue weighted by Gasteiger charge is -2.33. The van der Waals surface area contributed by atoms with Gasteiger partial charge in [0.15, 0.2) is 0 Å². The monoisotopic (exact) mass is 510 g/mol. The van der Waals surface area contributed by atoms with Crippen molar-refractivity contribution in [2.45, 2.75) is 39.1 Å². The second kappa shape index (κ2) is 13.4. The molecule has 0 spiro atoms. The number of hydrogen-bond donors (Lipinski definition) is 5. The first-order valence-electron chi connectivity index (χ1n) is 11.3. The van der Waals surface area contributed by atoms with Crippen LogP contribution in [0.4, 0.5) is 10.5 Å². The van der Waals surface area contributed by atoms with Gasteiger partial charge in [-0.1, -0.05) is 24.9 Å². The third-order valence-corrected chi connectivity index (χ3v) is 6.25. The van der Waals surface area contributed by atoms with Gasteiger partial charge in [0.1, 0.15) is 18.6 Å². The Bertz CT molecular complexity index is 952. The molecule has 1 aliphatic heterocycles. The van der Waals surface area contributed by atoms with Crippen LogP contribution >= 0.6 is 11.6 Å². The Hall–Kier alpha value is -2.70. The molecule has 12 heteroatoms. The summed E-state index contributed by atoms with van der Waals surface area (Å²) in [5, 5.41) is 26.1. The highest BCUT2D eigenvalue weighted by Gasteiger charge is 2.27. The normalized spacial score (nSPS) is 17.3. The first-order valence-corrected chi connectivity index (χ1v) is 11.7. The maximum Gasteiger partial charge on any atom is 0.411 e. The molecular formula is C23H35ClN6O5. The molecule has 1 aromatic rings. The minimum Gasteiger partial charge on any atom is -0.453 e. The Labute approximate surface area is 210 Å². The van der Waals surface area contributed by atoms with Crippen LogP contribution in [0.25, 0.3) is 5.70 Å². The number of anilines is 1. The van der Waals surface area contributed by atoms with Crippen LogP contribution in [0.2, 0.25) is 5.02 Å². The summed E-state index contributed by atoms with van der Waals surface area (Å²) in [6.07, 6.45) is 0.979. The van der Waals surface area contributed by atoms with E-state index in [1.165, 1.54) is 18.1 Å². The molecule has 1 heterocycles. The molecule has 0 saturated carbocycles. The Kier molecular flexibility index (Phi) is 10.9. The summed E-state index contributed by atoms with van der Waals surface area (Å²) in [7, 11) is 4.71. The van der Waals surface area contributed by atoms with Crippen molar-refractivity contribution in [2.75, 3.05) is 39.6 Å². The highest BCUT2D eigenvalue weighted by atomic mass is 35.5. The third kappa shape index (κ3) is 7.64. The van der Waals surface area contributed by atoms with Crippen LogP contribution in [-0.2, 0) is 9.53 Å². The summed E-state index contributed by atoms with van der Waals surface area (Å²) in [5.41, 5.74) is 3.61. The van der Waals surface area contributed by atoms with Crippen LogP contribution in [0.5, 0.6) is 0 Å². The number of aliphatic hydroxyl groups is 1. The number of rotatable bonds is 11. The number of aliphatic imine (C=N–C) groups is 1. The highest BCUT2D eigenvalue weighted by molar-refractivity contribution is 6.31. The molecule has 3 unspecified atom stereocenters. The van der Waals surface area contributed by atoms with E-state index < -0.39 is 12.3 Å². The van der Waals surface area contributed by atoms with Gasteiger partial charge in [-0.2, -0.15) is 5.48 Å². The number of nitrogens with one attached hydrogen (secondary N) is 3. The summed E-state index contributed by atoms with van der Waals surface area (Å²) in [4.78, 5) is 32.2. The number of nitrogens with zero attached hydrogens (tertiary/aromatic N) is 3. The zero-order chi connectivity index (χ0) is 26.1. The fraction of sp³-hybridized carbons (Fsp3) is 0.522. The molecular weight excluding hydrogens is 476 g/mol. The Morgan fingerprint density at radius 1 is 1.37 bits per heavy atom. The molecule has 0 aromatic heterocycles. The van der Waals surface area contributed by atoms with Crippen molar-refractivity contribution in [3.05, 3.63) is 34.9 Å². The molecule has 0 saturated heterocycles. The van der Waals surface area contributed by atoms with Gasteiger partial charge in [0.2, 0.25) is 5.91 Å². The van der Waals surface area contributed by atoms with Crippen LogP contribution in [0.1, 0.15) is 32.3 Å². The molecule has 1 aliphatic rings. The number of carbonyl (C=O) groups is 2. The molecule has 5 N–H and O–H groups in total. The van der Waals surface area contributed by atoms with Gasteiger partial charge < -0.3 is 30.2 Å². The Balaban J connectivity index is 2.09. The van der Waals surface area contributed by atoms with Crippen molar-refractivity contribution < 1.29 is 24.6 Å². The van der Waals surface area contributed by atoms with Crippen molar-refractivity contribution in [2.24, 2.45) is 10.9 Å². The fourth-order valence-corrected chi connectivity index (χ4v) is 4.00. The lowest BCUT2D eigenvalue weighted by Crippen LogP contribution is -2.48. The molecule has 0 radical (unpaired) electrons. The minimum atomic E-state index is -1.10. The third-order valence-electron chi connectivity index (χ3n) is 6.02. The SMILES string of the molecule is CCC(CCN(C)C(=O)CN1C(C)=NC(c2ccc(Cl)cc2NC(=O)OC)=CC1O)C(NC)NO. The van der Waals surface area contributed by atoms with Crippen molar-refractivity contribution in [3.63, 3.8) is 0 Å². The van der Waals surface area contributed by atoms with E-state index in [1.807, 2.05) is 6.92 Å². The highest BCUT2D eigenvalue weighted by Crippen LogP contribution is 2.31. The van der Waals surface area contributed by atoms with Crippen molar-refractivity contribution in [3.8, 4) is 0 Å². The molecule has 1 aromatic carbocycles. The average Bonchev–Trinajstić information content (AvgIpc) is 2.83. The van der Waals surface area contributed by atoms with E-state index >= 15 is 0 Å². The second-order valence-corrected chi connectivity index (χ2v) is 8.66. The zero-order valence-corrected chi connectivity index (χ0v) is 21.5. The molecule has 35 heavy (non-hydrogen) atoms. The first kappa shape index (κ1) is 28.5. The number of methoxy groups -OCH3 is 1. The van der Waals surface area contributed by atoms with Crippen LogP contribution < -0.4 is 16.1 Å². The summed E-state index contributed by atoms with van der Waals surface area (Å²) < 4.78 is 4.66. The molecule has 2 amide bonds.